The van der Waals surface area contributed by atoms with E-state index in [-0.39, 0.29) is 24.8 Å². The zero-order chi connectivity index (χ0) is 26.2. The Morgan fingerprint density at radius 3 is 1.92 bits per heavy atom. The monoisotopic (exact) mass is 512 g/mol. The first-order valence-corrected chi connectivity index (χ1v) is 12.9. The van der Waals surface area contributed by atoms with Crippen LogP contribution in [0.2, 0.25) is 0 Å². The molecule has 2 amide bonds. The molecule has 7 heteroatoms. The molecule has 0 aliphatic carbocycles. The van der Waals surface area contributed by atoms with E-state index in [2.05, 4.69) is 0 Å². The Kier molecular flexibility index (Phi) is 8.48. The van der Waals surface area contributed by atoms with E-state index in [1.807, 2.05) is 78.2 Å². The molecule has 0 bridgehead atoms. The first-order chi connectivity index (χ1) is 18.0. The van der Waals surface area contributed by atoms with Crippen LogP contribution in [-0.4, -0.2) is 47.9 Å². The van der Waals surface area contributed by atoms with Crippen molar-refractivity contribution in [3.8, 4) is 11.1 Å². The lowest BCUT2D eigenvalue weighted by Gasteiger charge is -2.24. The second kappa shape index (κ2) is 12.1. The van der Waals surface area contributed by atoms with E-state index in [0.29, 0.717) is 35.2 Å². The van der Waals surface area contributed by atoms with Crippen LogP contribution >= 0.6 is 11.3 Å². The maximum Gasteiger partial charge on any atom is 0.305 e. The zero-order valence-electron chi connectivity index (χ0n) is 20.5. The highest BCUT2D eigenvalue weighted by Crippen LogP contribution is 2.31. The Morgan fingerprint density at radius 2 is 1.32 bits per heavy atom. The van der Waals surface area contributed by atoms with Crippen LogP contribution in [0.5, 0.6) is 0 Å². The largest absolute Gasteiger partial charge is 0.481 e. The van der Waals surface area contributed by atoms with Gasteiger partial charge in [0, 0.05) is 31.3 Å². The van der Waals surface area contributed by atoms with Crippen molar-refractivity contribution in [3.63, 3.8) is 0 Å². The van der Waals surface area contributed by atoms with Gasteiger partial charge < -0.3 is 14.9 Å². The topological polar surface area (TPSA) is 77.9 Å². The minimum absolute atomic E-state index is 0.0943. The molecule has 37 heavy (non-hydrogen) atoms. The SMILES string of the molecule is CN(C(=O)c1ccccc1-c1ccccc1C(=O)N(CCC(=O)O)CCc1ccccc1)c1cccs1. The molecule has 0 radical (unpaired) electrons. The fraction of sp³-hybridized carbons (Fsp3) is 0.167. The number of hydrogen-bond acceptors (Lipinski definition) is 4. The highest BCUT2D eigenvalue weighted by atomic mass is 32.1. The second-order valence-corrected chi connectivity index (χ2v) is 9.50. The van der Waals surface area contributed by atoms with Crippen LogP contribution < -0.4 is 4.90 Å². The fourth-order valence-corrected chi connectivity index (χ4v) is 4.87. The van der Waals surface area contributed by atoms with E-state index in [0.717, 1.165) is 10.6 Å². The summed E-state index contributed by atoms with van der Waals surface area (Å²) in [4.78, 5) is 41.8. The first-order valence-electron chi connectivity index (χ1n) is 12.0. The molecule has 1 heterocycles. The molecule has 1 aromatic heterocycles. The van der Waals surface area contributed by atoms with Gasteiger partial charge in [-0.1, -0.05) is 66.7 Å². The summed E-state index contributed by atoms with van der Waals surface area (Å²) < 4.78 is 0. The number of carboxylic acids is 1. The minimum atomic E-state index is -0.960. The van der Waals surface area contributed by atoms with Gasteiger partial charge in [-0.15, -0.1) is 11.3 Å². The first kappa shape index (κ1) is 25.9. The zero-order valence-corrected chi connectivity index (χ0v) is 21.4. The van der Waals surface area contributed by atoms with Crippen LogP contribution in [0.25, 0.3) is 11.1 Å². The normalized spacial score (nSPS) is 10.6. The van der Waals surface area contributed by atoms with Crippen LogP contribution in [0.15, 0.2) is 96.4 Å². The Bertz CT molecular complexity index is 1370. The molecule has 0 spiro atoms. The fourth-order valence-electron chi connectivity index (χ4n) is 4.18. The third kappa shape index (κ3) is 6.32. The summed E-state index contributed by atoms with van der Waals surface area (Å²) in [6.07, 6.45) is 0.457. The highest BCUT2D eigenvalue weighted by molar-refractivity contribution is 7.14. The maximum atomic E-state index is 13.8. The van der Waals surface area contributed by atoms with Crippen molar-refractivity contribution in [3.05, 3.63) is 113 Å². The highest BCUT2D eigenvalue weighted by Gasteiger charge is 2.24. The van der Waals surface area contributed by atoms with Crippen molar-refractivity contribution < 1.29 is 19.5 Å². The number of rotatable bonds is 10. The molecule has 0 unspecified atom stereocenters. The predicted octanol–water partition coefficient (Wildman–Crippen LogP) is 5.85. The van der Waals surface area contributed by atoms with E-state index >= 15 is 0 Å². The number of nitrogens with zero attached hydrogens (tertiary/aromatic N) is 2. The van der Waals surface area contributed by atoms with E-state index in [4.69, 9.17) is 0 Å². The number of benzene rings is 3. The van der Waals surface area contributed by atoms with Gasteiger partial charge in [-0.05, 0) is 52.8 Å². The van der Waals surface area contributed by atoms with Crippen LogP contribution in [0.1, 0.15) is 32.7 Å². The maximum absolute atomic E-state index is 13.8. The summed E-state index contributed by atoms with van der Waals surface area (Å²) in [5, 5.41) is 12.0. The quantitative estimate of drug-likeness (QED) is 0.289. The standard InChI is InChI=1S/C30H28N2O4S/c1-31(27-16-9-21-37-27)29(35)25-14-7-5-12-23(25)24-13-6-8-15-26(24)30(36)32(20-18-28(33)34)19-17-22-10-3-2-4-11-22/h2-16,21H,17-20H2,1H3,(H,33,34). The van der Waals surface area contributed by atoms with Gasteiger partial charge in [0.25, 0.3) is 11.8 Å². The third-order valence-electron chi connectivity index (χ3n) is 6.14. The van der Waals surface area contributed by atoms with Gasteiger partial charge in [-0.2, -0.15) is 0 Å². The summed E-state index contributed by atoms with van der Waals surface area (Å²) >= 11 is 1.48. The van der Waals surface area contributed by atoms with Gasteiger partial charge in [-0.25, -0.2) is 0 Å². The van der Waals surface area contributed by atoms with Crippen molar-refractivity contribution in [2.24, 2.45) is 0 Å². The number of aliphatic carboxylic acids is 1. The molecule has 0 saturated carbocycles. The van der Waals surface area contributed by atoms with E-state index < -0.39 is 5.97 Å². The molecule has 0 atom stereocenters. The van der Waals surface area contributed by atoms with Crippen molar-refractivity contribution in [2.45, 2.75) is 12.8 Å². The number of carboxylic acid groups (broad SMARTS) is 1. The average Bonchev–Trinajstić information content (AvgIpc) is 3.47. The lowest BCUT2D eigenvalue weighted by atomic mass is 9.94. The van der Waals surface area contributed by atoms with Gasteiger partial charge in [0.15, 0.2) is 0 Å². The number of carbonyl (C=O) groups excluding carboxylic acids is 2. The number of thiophene rings is 1. The summed E-state index contributed by atoms with van der Waals surface area (Å²) in [6, 6.07) is 28.0. The average molecular weight is 513 g/mol. The summed E-state index contributed by atoms with van der Waals surface area (Å²) in [5.41, 5.74) is 3.27. The van der Waals surface area contributed by atoms with Crippen LogP contribution in [0, 0.1) is 0 Å². The summed E-state index contributed by atoms with van der Waals surface area (Å²) in [5.74, 6) is -1.40. The molecule has 0 fully saturated rings. The molecule has 1 N–H and O–H groups in total. The lowest BCUT2D eigenvalue weighted by Crippen LogP contribution is -2.35. The molecule has 4 rings (SSSR count). The molecular formula is C30H28N2O4S. The van der Waals surface area contributed by atoms with E-state index in [9.17, 15) is 19.5 Å². The number of anilines is 1. The van der Waals surface area contributed by atoms with Gasteiger partial charge >= 0.3 is 5.97 Å². The Morgan fingerprint density at radius 1 is 0.730 bits per heavy atom. The minimum Gasteiger partial charge on any atom is -0.481 e. The van der Waals surface area contributed by atoms with Crippen molar-refractivity contribution in [2.75, 3.05) is 25.0 Å². The third-order valence-corrected chi connectivity index (χ3v) is 7.09. The Labute approximate surface area is 220 Å². The molecule has 0 aliphatic rings. The van der Waals surface area contributed by atoms with Crippen molar-refractivity contribution in [1.29, 1.82) is 0 Å². The Balaban J connectivity index is 1.67. The molecule has 6 nitrogen and oxygen atoms in total. The van der Waals surface area contributed by atoms with Crippen LogP contribution in [0.3, 0.4) is 0 Å². The van der Waals surface area contributed by atoms with Gasteiger partial charge in [-0.3, -0.25) is 14.4 Å². The van der Waals surface area contributed by atoms with E-state index in [1.54, 1.807) is 35.0 Å². The van der Waals surface area contributed by atoms with Crippen molar-refractivity contribution in [1.82, 2.24) is 4.90 Å². The lowest BCUT2D eigenvalue weighted by molar-refractivity contribution is -0.137. The molecule has 0 saturated heterocycles. The smallest absolute Gasteiger partial charge is 0.305 e. The molecule has 0 aliphatic heterocycles. The van der Waals surface area contributed by atoms with Crippen LogP contribution in [0.4, 0.5) is 5.00 Å². The van der Waals surface area contributed by atoms with Gasteiger partial charge in [0.1, 0.15) is 0 Å². The van der Waals surface area contributed by atoms with Gasteiger partial charge in [0.2, 0.25) is 0 Å². The summed E-state index contributed by atoms with van der Waals surface area (Å²) in [6.45, 7) is 0.475. The summed E-state index contributed by atoms with van der Waals surface area (Å²) in [7, 11) is 1.74. The Hall–Kier alpha value is -4.23. The van der Waals surface area contributed by atoms with Crippen molar-refractivity contribution >= 4 is 34.1 Å². The molecule has 3 aromatic carbocycles. The molecular weight excluding hydrogens is 484 g/mol. The molecule has 4 aromatic rings. The molecule has 188 valence electrons. The number of amides is 2. The predicted molar refractivity (Wildman–Crippen MR) is 147 cm³/mol. The van der Waals surface area contributed by atoms with Gasteiger partial charge in [0.05, 0.1) is 11.4 Å². The van der Waals surface area contributed by atoms with E-state index in [1.165, 1.54) is 11.3 Å². The number of hydrogen-bond donors (Lipinski definition) is 1. The van der Waals surface area contributed by atoms with Crippen LogP contribution in [-0.2, 0) is 11.2 Å². The number of carbonyl (C=O) groups is 3. The second-order valence-electron chi connectivity index (χ2n) is 8.58.